The summed E-state index contributed by atoms with van der Waals surface area (Å²) in [5.41, 5.74) is 6.64. The number of hydrogen-bond donors (Lipinski definition) is 0. The van der Waals surface area contributed by atoms with Crippen LogP contribution in [-0.4, -0.2) is 0 Å². The topological polar surface area (TPSA) is 29.5 Å². The highest BCUT2D eigenvalue weighted by molar-refractivity contribution is 6.18. The summed E-state index contributed by atoms with van der Waals surface area (Å²) < 4.78 is 13.0. The predicted molar refractivity (Wildman–Crippen MR) is 171 cm³/mol. The molecule has 0 N–H and O–H groups in total. The second-order valence-electron chi connectivity index (χ2n) is 10.6. The molecule has 0 aliphatic rings. The Morgan fingerprint density at radius 2 is 1.02 bits per heavy atom. The van der Waals surface area contributed by atoms with Crippen molar-refractivity contribution in [3.63, 3.8) is 0 Å². The van der Waals surface area contributed by atoms with Crippen LogP contribution in [0, 0.1) is 0 Å². The summed E-state index contributed by atoms with van der Waals surface area (Å²) >= 11 is 0. The zero-order valence-electron chi connectivity index (χ0n) is 22.0. The fourth-order valence-corrected chi connectivity index (χ4v) is 6.28. The maximum absolute atomic E-state index is 6.79. The van der Waals surface area contributed by atoms with E-state index in [9.17, 15) is 0 Å². The SMILES string of the molecule is c1ccc2cc(N(c3ccc4oc5ccccc5c4c3)c3cccc4c3oc3c5ccccc5ccc43)ccc2c1. The molecule has 7 aromatic carbocycles. The predicted octanol–water partition coefficient (Wildman–Crippen LogP) is 11.3. The number of furan rings is 2. The van der Waals surface area contributed by atoms with E-state index in [2.05, 4.69) is 132 Å². The van der Waals surface area contributed by atoms with Crippen molar-refractivity contribution in [3.05, 3.63) is 140 Å². The summed E-state index contributed by atoms with van der Waals surface area (Å²) in [4.78, 5) is 2.31. The molecule has 0 saturated carbocycles. The van der Waals surface area contributed by atoms with Crippen molar-refractivity contribution in [1.82, 2.24) is 0 Å². The highest BCUT2D eigenvalue weighted by Crippen LogP contribution is 2.45. The van der Waals surface area contributed by atoms with Crippen LogP contribution in [0.2, 0.25) is 0 Å². The van der Waals surface area contributed by atoms with Crippen LogP contribution in [0.1, 0.15) is 0 Å². The highest BCUT2D eigenvalue weighted by atomic mass is 16.3. The molecule has 0 unspecified atom stereocenters. The number of hydrogen-bond acceptors (Lipinski definition) is 3. The van der Waals surface area contributed by atoms with Crippen molar-refractivity contribution in [3.8, 4) is 0 Å². The Morgan fingerprint density at radius 3 is 1.95 bits per heavy atom. The van der Waals surface area contributed by atoms with Gasteiger partial charge in [-0.15, -0.1) is 0 Å². The zero-order valence-corrected chi connectivity index (χ0v) is 22.0. The first-order valence-electron chi connectivity index (χ1n) is 13.9. The molecular weight excluding hydrogens is 502 g/mol. The van der Waals surface area contributed by atoms with E-state index in [1.807, 2.05) is 12.1 Å². The Kier molecular flexibility index (Phi) is 4.61. The van der Waals surface area contributed by atoms with Gasteiger partial charge in [0.1, 0.15) is 16.7 Å². The summed E-state index contributed by atoms with van der Waals surface area (Å²) in [6.45, 7) is 0. The Morgan fingerprint density at radius 1 is 0.366 bits per heavy atom. The standard InChI is InChI=1S/C38H23NO2/c1-2-10-26-22-27(18-16-24(26)8-1)39(28-19-21-36-33(23-28)30-12-5-6-15-35(30)40-36)34-14-7-13-31-32-20-17-25-9-3-4-11-29(25)37(32)41-38(31)34/h1-23H. The molecule has 2 heterocycles. The van der Waals surface area contributed by atoms with Gasteiger partial charge in [-0.05, 0) is 64.7 Å². The normalized spacial score (nSPS) is 11.9. The van der Waals surface area contributed by atoms with Crippen molar-refractivity contribution < 1.29 is 8.83 Å². The molecule has 3 nitrogen and oxygen atoms in total. The van der Waals surface area contributed by atoms with E-state index in [0.29, 0.717) is 0 Å². The van der Waals surface area contributed by atoms with Crippen LogP contribution in [0.25, 0.3) is 65.4 Å². The van der Waals surface area contributed by atoms with E-state index in [-0.39, 0.29) is 0 Å². The van der Waals surface area contributed by atoms with E-state index in [1.54, 1.807) is 0 Å². The summed E-state index contributed by atoms with van der Waals surface area (Å²) in [6, 6.07) is 49.0. The van der Waals surface area contributed by atoms with Crippen LogP contribution in [0.3, 0.4) is 0 Å². The van der Waals surface area contributed by atoms with Gasteiger partial charge in [0.2, 0.25) is 0 Å². The Bertz CT molecular complexity index is 2450. The minimum atomic E-state index is 0.865. The number of fused-ring (bicyclic) bond motifs is 9. The molecule has 0 spiro atoms. The third-order valence-electron chi connectivity index (χ3n) is 8.22. The molecule has 0 fully saturated rings. The molecule has 0 aliphatic heterocycles. The molecule has 41 heavy (non-hydrogen) atoms. The van der Waals surface area contributed by atoms with E-state index in [0.717, 1.165) is 66.3 Å². The lowest BCUT2D eigenvalue weighted by molar-refractivity contribution is 0.669. The van der Waals surface area contributed by atoms with Crippen LogP contribution in [0.15, 0.2) is 148 Å². The van der Waals surface area contributed by atoms with Gasteiger partial charge in [0.15, 0.2) is 5.58 Å². The summed E-state index contributed by atoms with van der Waals surface area (Å²) in [6.07, 6.45) is 0. The van der Waals surface area contributed by atoms with Gasteiger partial charge in [0, 0.05) is 38.3 Å². The third-order valence-corrected chi connectivity index (χ3v) is 8.22. The van der Waals surface area contributed by atoms with Crippen LogP contribution < -0.4 is 4.90 Å². The molecule has 0 bridgehead atoms. The van der Waals surface area contributed by atoms with Gasteiger partial charge in [-0.3, -0.25) is 0 Å². The van der Waals surface area contributed by atoms with Crippen molar-refractivity contribution in [1.29, 1.82) is 0 Å². The van der Waals surface area contributed by atoms with Gasteiger partial charge < -0.3 is 13.7 Å². The number of nitrogens with zero attached hydrogens (tertiary/aromatic N) is 1. The van der Waals surface area contributed by atoms with E-state index in [1.165, 1.54) is 16.2 Å². The lowest BCUT2D eigenvalue weighted by Crippen LogP contribution is -2.10. The van der Waals surface area contributed by atoms with E-state index in [4.69, 9.17) is 8.83 Å². The van der Waals surface area contributed by atoms with Crippen molar-refractivity contribution in [2.75, 3.05) is 4.90 Å². The molecule has 192 valence electrons. The molecule has 2 aromatic heterocycles. The largest absolute Gasteiger partial charge is 0.456 e. The van der Waals surface area contributed by atoms with Crippen LogP contribution >= 0.6 is 0 Å². The monoisotopic (exact) mass is 525 g/mol. The Balaban J connectivity index is 1.36. The maximum Gasteiger partial charge on any atom is 0.159 e. The minimum Gasteiger partial charge on any atom is -0.456 e. The average molecular weight is 526 g/mol. The lowest BCUT2D eigenvalue weighted by atomic mass is 10.0. The second-order valence-corrected chi connectivity index (χ2v) is 10.6. The van der Waals surface area contributed by atoms with Gasteiger partial charge in [-0.2, -0.15) is 0 Å². The van der Waals surface area contributed by atoms with Crippen LogP contribution in [0.5, 0.6) is 0 Å². The van der Waals surface area contributed by atoms with Crippen molar-refractivity contribution >= 4 is 82.5 Å². The quantitative estimate of drug-likeness (QED) is 0.230. The molecule has 0 aliphatic carbocycles. The molecule has 3 heteroatoms. The fraction of sp³-hybridized carbons (Fsp3) is 0. The number of anilines is 3. The van der Waals surface area contributed by atoms with Gasteiger partial charge >= 0.3 is 0 Å². The first-order valence-corrected chi connectivity index (χ1v) is 13.9. The molecule has 9 aromatic rings. The number of benzene rings is 7. The molecular formula is C38H23NO2. The average Bonchev–Trinajstić information content (AvgIpc) is 3.60. The smallest absolute Gasteiger partial charge is 0.159 e. The number of rotatable bonds is 3. The van der Waals surface area contributed by atoms with Gasteiger partial charge in [-0.1, -0.05) is 91.0 Å². The second kappa shape index (κ2) is 8.48. The first kappa shape index (κ1) is 22.3. The molecule has 0 atom stereocenters. The van der Waals surface area contributed by atoms with Crippen molar-refractivity contribution in [2.24, 2.45) is 0 Å². The zero-order chi connectivity index (χ0) is 26.9. The van der Waals surface area contributed by atoms with Crippen molar-refractivity contribution in [2.45, 2.75) is 0 Å². The summed E-state index contributed by atoms with van der Waals surface area (Å²) in [7, 11) is 0. The Hall–Kier alpha value is -5.54. The first-order chi connectivity index (χ1) is 20.3. The molecule has 0 amide bonds. The molecule has 0 saturated heterocycles. The highest BCUT2D eigenvalue weighted by Gasteiger charge is 2.21. The van der Waals surface area contributed by atoms with E-state index < -0.39 is 0 Å². The summed E-state index contributed by atoms with van der Waals surface area (Å²) in [5.74, 6) is 0. The summed E-state index contributed by atoms with van der Waals surface area (Å²) in [5, 5.41) is 9.11. The third kappa shape index (κ3) is 3.33. The van der Waals surface area contributed by atoms with E-state index >= 15 is 0 Å². The van der Waals surface area contributed by atoms with Crippen LogP contribution in [0.4, 0.5) is 17.1 Å². The Labute approximate surface area is 235 Å². The molecule has 0 radical (unpaired) electrons. The number of para-hydroxylation sites is 2. The minimum absolute atomic E-state index is 0.865. The molecule has 9 rings (SSSR count). The van der Waals surface area contributed by atoms with Gasteiger partial charge in [0.25, 0.3) is 0 Å². The van der Waals surface area contributed by atoms with Gasteiger partial charge in [0.05, 0.1) is 5.69 Å². The van der Waals surface area contributed by atoms with Gasteiger partial charge in [-0.25, -0.2) is 0 Å². The lowest BCUT2D eigenvalue weighted by Gasteiger charge is -2.26. The van der Waals surface area contributed by atoms with Crippen LogP contribution in [-0.2, 0) is 0 Å². The maximum atomic E-state index is 6.79. The fourth-order valence-electron chi connectivity index (χ4n) is 6.28.